The number of hydrogen-bond acceptors (Lipinski definition) is 6. The van der Waals surface area contributed by atoms with Gasteiger partial charge in [0.05, 0.1) is 13.2 Å². The number of ether oxygens (including phenoxy) is 2. The van der Waals surface area contributed by atoms with Crippen molar-refractivity contribution < 1.29 is 24.5 Å². The van der Waals surface area contributed by atoms with Crippen LogP contribution in [0.3, 0.4) is 0 Å². The van der Waals surface area contributed by atoms with Crippen molar-refractivity contribution in [2.75, 3.05) is 37.7 Å². The van der Waals surface area contributed by atoms with E-state index in [1.165, 1.54) is 0 Å². The van der Waals surface area contributed by atoms with Gasteiger partial charge in [0, 0.05) is 25.3 Å². The lowest BCUT2D eigenvalue weighted by Crippen LogP contribution is -2.39. The Morgan fingerprint density at radius 1 is 1.24 bits per heavy atom. The summed E-state index contributed by atoms with van der Waals surface area (Å²) in [5.74, 6) is 0. The molecule has 7 heteroatoms. The van der Waals surface area contributed by atoms with Crippen LogP contribution >= 0.6 is 0 Å². The van der Waals surface area contributed by atoms with Gasteiger partial charge in [-0.1, -0.05) is 12.1 Å². The molecular formula is C18H28N2O5. The summed E-state index contributed by atoms with van der Waals surface area (Å²) in [6.45, 7) is 8.27. The molecule has 1 heterocycles. The van der Waals surface area contributed by atoms with Gasteiger partial charge in [-0.05, 0) is 38.5 Å². The molecule has 0 saturated carbocycles. The van der Waals surface area contributed by atoms with Crippen LogP contribution in [0.25, 0.3) is 0 Å². The smallest absolute Gasteiger partial charge is 0.407 e. The van der Waals surface area contributed by atoms with Crippen LogP contribution < -0.4 is 10.2 Å². The van der Waals surface area contributed by atoms with Crippen LogP contribution in [0.1, 0.15) is 32.4 Å². The Bertz CT molecular complexity index is 550. The number of aliphatic hydroxyl groups excluding tert-OH is 2. The van der Waals surface area contributed by atoms with Gasteiger partial charge in [-0.3, -0.25) is 0 Å². The van der Waals surface area contributed by atoms with E-state index < -0.39 is 23.9 Å². The highest BCUT2D eigenvalue weighted by Crippen LogP contribution is 2.22. The first-order valence-corrected chi connectivity index (χ1v) is 8.52. The zero-order valence-electron chi connectivity index (χ0n) is 15.1. The number of nitrogens with zero attached hydrogens (tertiary/aromatic N) is 1. The number of nitrogens with one attached hydrogen (secondary N) is 1. The molecule has 7 nitrogen and oxygen atoms in total. The number of aliphatic hydroxyl groups is 2. The minimum absolute atomic E-state index is 0.0959. The first-order chi connectivity index (χ1) is 11.8. The molecule has 1 amide bonds. The summed E-state index contributed by atoms with van der Waals surface area (Å²) in [5, 5.41) is 22.8. The molecule has 1 aromatic rings. The Morgan fingerprint density at radius 2 is 1.84 bits per heavy atom. The first-order valence-electron chi connectivity index (χ1n) is 8.52. The van der Waals surface area contributed by atoms with Crippen molar-refractivity contribution in [1.82, 2.24) is 5.32 Å². The van der Waals surface area contributed by atoms with Crippen molar-refractivity contribution in [3.8, 4) is 0 Å². The van der Waals surface area contributed by atoms with E-state index in [1.807, 2.05) is 12.1 Å². The van der Waals surface area contributed by atoms with E-state index in [2.05, 4.69) is 10.2 Å². The Morgan fingerprint density at radius 3 is 2.40 bits per heavy atom. The number of morpholine rings is 1. The normalized spacial score (nSPS) is 17.7. The lowest BCUT2D eigenvalue weighted by atomic mass is 10.0. The predicted molar refractivity (Wildman–Crippen MR) is 94.7 cm³/mol. The maximum absolute atomic E-state index is 11.6. The van der Waals surface area contributed by atoms with Gasteiger partial charge in [-0.25, -0.2) is 4.79 Å². The van der Waals surface area contributed by atoms with Gasteiger partial charge in [0.15, 0.2) is 0 Å². The largest absolute Gasteiger partial charge is 0.444 e. The second-order valence-electron chi connectivity index (χ2n) is 7.09. The van der Waals surface area contributed by atoms with Crippen molar-refractivity contribution in [3.63, 3.8) is 0 Å². The number of rotatable bonds is 5. The van der Waals surface area contributed by atoms with Crippen molar-refractivity contribution in [2.45, 2.75) is 38.6 Å². The molecule has 25 heavy (non-hydrogen) atoms. The Balaban J connectivity index is 1.86. The zero-order valence-corrected chi connectivity index (χ0v) is 15.1. The molecule has 0 spiro atoms. The van der Waals surface area contributed by atoms with Gasteiger partial charge in [0.25, 0.3) is 0 Å². The summed E-state index contributed by atoms with van der Waals surface area (Å²) in [5.41, 5.74) is 1.04. The minimum atomic E-state index is -1.12. The van der Waals surface area contributed by atoms with Crippen LogP contribution in [-0.2, 0) is 9.47 Å². The molecule has 0 radical (unpaired) electrons. The highest BCUT2D eigenvalue weighted by atomic mass is 16.6. The second-order valence-corrected chi connectivity index (χ2v) is 7.09. The highest BCUT2D eigenvalue weighted by Gasteiger charge is 2.22. The third-order valence-corrected chi connectivity index (χ3v) is 3.83. The standard InChI is InChI=1S/C18H28N2O5/c1-18(2,3)25-17(23)19-12-15(21)16(22)13-4-6-14(7-5-13)20-8-10-24-11-9-20/h4-7,15-16,21-22H,8-12H2,1-3H3,(H,19,23). The molecule has 2 rings (SSSR count). The first kappa shape index (κ1) is 19.5. The molecule has 0 aromatic heterocycles. The predicted octanol–water partition coefficient (Wildman–Crippen LogP) is 1.44. The molecule has 3 N–H and O–H groups in total. The summed E-state index contributed by atoms with van der Waals surface area (Å²) in [6.07, 6.45) is -2.84. The second kappa shape index (κ2) is 8.51. The van der Waals surface area contributed by atoms with E-state index in [4.69, 9.17) is 9.47 Å². The summed E-state index contributed by atoms with van der Waals surface area (Å²) in [4.78, 5) is 13.8. The molecule has 1 aliphatic rings. The fraction of sp³-hybridized carbons (Fsp3) is 0.611. The molecule has 1 fully saturated rings. The Hall–Kier alpha value is -1.83. The molecule has 1 aromatic carbocycles. The van der Waals surface area contributed by atoms with E-state index in [0.29, 0.717) is 18.8 Å². The quantitative estimate of drug-likeness (QED) is 0.743. The maximum Gasteiger partial charge on any atom is 0.407 e. The SMILES string of the molecule is CC(C)(C)OC(=O)NCC(O)C(O)c1ccc(N2CCOCC2)cc1. The van der Waals surface area contributed by atoms with Crippen molar-refractivity contribution in [2.24, 2.45) is 0 Å². The third kappa shape index (κ3) is 6.19. The molecule has 0 aliphatic carbocycles. The van der Waals surface area contributed by atoms with Gasteiger partial charge >= 0.3 is 6.09 Å². The monoisotopic (exact) mass is 352 g/mol. The van der Waals surface area contributed by atoms with Gasteiger partial charge < -0.3 is 29.9 Å². The molecule has 1 aliphatic heterocycles. The number of anilines is 1. The van der Waals surface area contributed by atoms with E-state index in [0.717, 1.165) is 18.8 Å². The number of benzene rings is 1. The molecule has 1 saturated heterocycles. The fourth-order valence-electron chi connectivity index (χ4n) is 2.54. The van der Waals surface area contributed by atoms with Crippen molar-refractivity contribution in [1.29, 1.82) is 0 Å². The molecule has 2 atom stereocenters. The van der Waals surface area contributed by atoms with E-state index >= 15 is 0 Å². The third-order valence-electron chi connectivity index (χ3n) is 3.83. The maximum atomic E-state index is 11.6. The van der Waals surface area contributed by atoms with Crippen molar-refractivity contribution in [3.05, 3.63) is 29.8 Å². The van der Waals surface area contributed by atoms with Crippen LogP contribution in [0.5, 0.6) is 0 Å². The summed E-state index contributed by atoms with van der Waals surface area (Å²) in [7, 11) is 0. The number of carbonyl (C=O) groups is 1. The molecule has 0 bridgehead atoms. The Kier molecular flexibility index (Phi) is 6.64. The van der Waals surface area contributed by atoms with Crippen LogP contribution in [0.15, 0.2) is 24.3 Å². The fourth-order valence-corrected chi connectivity index (χ4v) is 2.54. The van der Waals surface area contributed by atoms with Crippen LogP contribution in [0, 0.1) is 0 Å². The number of amides is 1. The van der Waals surface area contributed by atoms with Crippen LogP contribution in [0.4, 0.5) is 10.5 Å². The topological polar surface area (TPSA) is 91.3 Å². The summed E-state index contributed by atoms with van der Waals surface area (Å²) >= 11 is 0. The zero-order chi connectivity index (χ0) is 18.4. The van der Waals surface area contributed by atoms with Gasteiger partial charge in [-0.15, -0.1) is 0 Å². The molecule has 140 valence electrons. The Labute approximate surface area is 148 Å². The summed E-state index contributed by atoms with van der Waals surface area (Å²) < 4.78 is 10.4. The molecular weight excluding hydrogens is 324 g/mol. The van der Waals surface area contributed by atoms with Gasteiger partial charge in [0.2, 0.25) is 0 Å². The van der Waals surface area contributed by atoms with Gasteiger partial charge in [-0.2, -0.15) is 0 Å². The number of alkyl carbamates (subject to hydrolysis) is 1. The lowest BCUT2D eigenvalue weighted by molar-refractivity contribution is 0.0129. The van der Waals surface area contributed by atoms with Crippen LogP contribution in [-0.4, -0.2) is 60.9 Å². The van der Waals surface area contributed by atoms with Crippen LogP contribution in [0.2, 0.25) is 0 Å². The van der Waals surface area contributed by atoms with E-state index in [9.17, 15) is 15.0 Å². The number of hydrogen-bond donors (Lipinski definition) is 3. The molecule has 2 unspecified atom stereocenters. The average molecular weight is 352 g/mol. The van der Waals surface area contributed by atoms with E-state index in [1.54, 1.807) is 32.9 Å². The number of carbonyl (C=O) groups excluding carboxylic acids is 1. The minimum Gasteiger partial charge on any atom is -0.444 e. The lowest BCUT2D eigenvalue weighted by Gasteiger charge is -2.29. The highest BCUT2D eigenvalue weighted by molar-refractivity contribution is 5.67. The van der Waals surface area contributed by atoms with Crippen molar-refractivity contribution >= 4 is 11.8 Å². The summed E-state index contributed by atoms with van der Waals surface area (Å²) in [6, 6.07) is 7.40. The average Bonchev–Trinajstić information content (AvgIpc) is 2.58. The van der Waals surface area contributed by atoms with E-state index in [-0.39, 0.29) is 6.54 Å². The van der Waals surface area contributed by atoms with Gasteiger partial charge in [0.1, 0.15) is 17.8 Å².